The van der Waals surface area contributed by atoms with Gasteiger partial charge in [0.15, 0.2) is 0 Å². The molecule has 138 valence electrons. The van der Waals surface area contributed by atoms with Crippen molar-refractivity contribution in [3.05, 3.63) is 0 Å². The normalized spacial score (nSPS) is 25.2. The summed E-state index contributed by atoms with van der Waals surface area (Å²) in [6, 6.07) is -1.37. The summed E-state index contributed by atoms with van der Waals surface area (Å²) in [4.78, 5) is 34.3. The summed E-state index contributed by atoms with van der Waals surface area (Å²) in [5, 5.41) is 20.2. The highest BCUT2D eigenvalue weighted by Gasteiger charge is 2.39. The molecule has 0 aromatic rings. The Morgan fingerprint density at radius 3 is 2.21 bits per heavy atom. The van der Waals surface area contributed by atoms with E-state index in [-0.39, 0.29) is 5.91 Å². The van der Waals surface area contributed by atoms with E-state index in [1.54, 1.807) is 0 Å². The highest BCUT2D eigenvalue weighted by atomic mass is 16.4. The Balaban J connectivity index is 2.50. The molecule has 1 aliphatic carbocycles. The average molecular weight is 341 g/mol. The molecule has 0 bridgehead atoms. The molecule has 1 rings (SSSR count). The summed E-state index contributed by atoms with van der Waals surface area (Å²) in [5.41, 5.74) is -0.596. The second-order valence-corrected chi connectivity index (χ2v) is 7.79. The zero-order valence-corrected chi connectivity index (χ0v) is 15.0. The van der Waals surface area contributed by atoms with Gasteiger partial charge in [0, 0.05) is 5.41 Å². The van der Waals surface area contributed by atoms with E-state index in [4.69, 9.17) is 10.2 Å². The van der Waals surface area contributed by atoms with E-state index in [2.05, 4.69) is 19.2 Å². The van der Waals surface area contributed by atoms with Gasteiger partial charge in [0.2, 0.25) is 5.91 Å². The molecule has 0 aromatic heterocycles. The fourth-order valence-corrected chi connectivity index (χ4v) is 3.35. The van der Waals surface area contributed by atoms with Gasteiger partial charge in [-0.25, -0.2) is 4.79 Å². The highest BCUT2D eigenvalue weighted by Crippen LogP contribution is 2.40. The van der Waals surface area contributed by atoms with E-state index >= 15 is 0 Å². The van der Waals surface area contributed by atoms with Crippen molar-refractivity contribution in [2.45, 2.75) is 78.2 Å². The Morgan fingerprint density at radius 1 is 1.17 bits per heavy atom. The van der Waals surface area contributed by atoms with Gasteiger partial charge in [-0.15, -0.1) is 0 Å². The van der Waals surface area contributed by atoms with E-state index in [9.17, 15) is 14.4 Å². The van der Waals surface area contributed by atoms with Crippen molar-refractivity contribution in [3.63, 3.8) is 0 Å². The van der Waals surface area contributed by atoms with Gasteiger partial charge in [0.1, 0.15) is 6.04 Å². The van der Waals surface area contributed by atoms with Crippen molar-refractivity contribution in [1.29, 1.82) is 0 Å². The Bertz CT molecular complexity index is 452. The Kier molecular flexibility index (Phi) is 7.70. The summed E-state index contributed by atoms with van der Waals surface area (Å²) in [7, 11) is 0. The van der Waals surface area contributed by atoms with Crippen LogP contribution in [0.25, 0.3) is 0 Å². The molecule has 24 heavy (non-hydrogen) atoms. The van der Waals surface area contributed by atoms with Crippen LogP contribution in [0.3, 0.4) is 0 Å². The van der Waals surface area contributed by atoms with Gasteiger partial charge in [-0.2, -0.15) is 0 Å². The van der Waals surface area contributed by atoms with Crippen LogP contribution in [0.2, 0.25) is 0 Å². The monoisotopic (exact) mass is 341 g/mol. The van der Waals surface area contributed by atoms with E-state index in [1.165, 1.54) is 19.3 Å². The van der Waals surface area contributed by atoms with Crippen molar-refractivity contribution in [2.24, 2.45) is 17.3 Å². The van der Waals surface area contributed by atoms with Crippen LogP contribution in [0.15, 0.2) is 0 Å². The third-order valence-corrected chi connectivity index (χ3v) is 5.13. The molecule has 1 atom stereocenters. The molecule has 0 spiro atoms. The maximum atomic E-state index is 12.5. The Labute approximate surface area is 144 Å². The molecule has 1 amide bonds. The summed E-state index contributed by atoms with van der Waals surface area (Å²) in [5.74, 6) is -1.53. The largest absolute Gasteiger partial charge is 0.481 e. The minimum absolute atomic E-state index is 0.336. The number of carbonyl (C=O) groups is 3. The standard InChI is InChI=1S/C18H31NO5/c1-12(2)5-4-6-13-7-9-18(3,10-8-13)17(24)19-14(16(22)23)11-15(20)21/h12-14H,4-11H2,1-3H3,(H,19,24)(H,20,21)(H,22,23)/t13?,14-,18?/m0/s1. The van der Waals surface area contributed by atoms with Crippen molar-refractivity contribution in [2.75, 3.05) is 0 Å². The van der Waals surface area contributed by atoms with Crippen molar-refractivity contribution in [3.8, 4) is 0 Å². The van der Waals surface area contributed by atoms with E-state index in [1.807, 2.05) is 6.92 Å². The van der Waals surface area contributed by atoms with Crippen molar-refractivity contribution < 1.29 is 24.6 Å². The van der Waals surface area contributed by atoms with Gasteiger partial charge in [0.05, 0.1) is 6.42 Å². The first-order chi connectivity index (χ1) is 11.1. The van der Waals surface area contributed by atoms with E-state index in [0.717, 1.165) is 25.7 Å². The van der Waals surface area contributed by atoms with E-state index in [0.29, 0.717) is 11.8 Å². The summed E-state index contributed by atoms with van der Waals surface area (Å²) in [6.07, 6.45) is 6.42. The fourth-order valence-electron chi connectivity index (χ4n) is 3.35. The van der Waals surface area contributed by atoms with Gasteiger partial charge in [-0.1, -0.05) is 40.0 Å². The second-order valence-electron chi connectivity index (χ2n) is 7.79. The maximum absolute atomic E-state index is 12.5. The summed E-state index contributed by atoms with van der Waals surface area (Å²) < 4.78 is 0. The lowest BCUT2D eigenvalue weighted by atomic mass is 9.70. The second kappa shape index (κ2) is 9.04. The molecule has 0 unspecified atom stereocenters. The van der Waals surface area contributed by atoms with Crippen molar-refractivity contribution in [1.82, 2.24) is 5.32 Å². The zero-order valence-electron chi connectivity index (χ0n) is 15.0. The summed E-state index contributed by atoms with van der Waals surface area (Å²) in [6.45, 7) is 6.29. The Hall–Kier alpha value is -1.59. The number of hydrogen-bond donors (Lipinski definition) is 3. The molecule has 0 aromatic carbocycles. The number of carboxylic acids is 2. The predicted octanol–water partition coefficient (Wildman–Crippen LogP) is 3.05. The lowest BCUT2D eigenvalue weighted by molar-refractivity contribution is -0.148. The molecule has 0 saturated heterocycles. The molecule has 1 fully saturated rings. The topological polar surface area (TPSA) is 104 Å². The molecular formula is C18H31NO5. The quantitative estimate of drug-likeness (QED) is 0.598. The zero-order chi connectivity index (χ0) is 18.3. The lowest BCUT2D eigenvalue weighted by Crippen LogP contribution is -2.49. The fraction of sp³-hybridized carbons (Fsp3) is 0.833. The minimum Gasteiger partial charge on any atom is -0.481 e. The maximum Gasteiger partial charge on any atom is 0.326 e. The number of amides is 1. The van der Waals surface area contributed by atoms with Gasteiger partial charge < -0.3 is 15.5 Å². The third-order valence-electron chi connectivity index (χ3n) is 5.13. The highest BCUT2D eigenvalue weighted by molar-refractivity contribution is 5.89. The molecular weight excluding hydrogens is 310 g/mol. The number of rotatable bonds is 9. The molecule has 0 heterocycles. The molecule has 6 heteroatoms. The van der Waals surface area contributed by atoms with Gasteiger partial charge in [-0.3, -0.25) is 9.59 Å². The van der Waals surface area contributed by atoms with Crippen LogP contribution >= 0.6 is 0 Å². The number of aliphatic carboxylic acids is 2. The molecule has 1 aliphatic rings. The van der Waals surface area contributed by atoms with Crippen LogP contribution in [-0.2, 0) is 14.4 Å². The number of carboxylic acid groups (broad SMARTS) is 2. The SMILES string of the molecule is CC(C)CCCC1CCC(C)(C(=O)N[C@@H](CC(=O)O)C(=O)O)CC1. The lowest BCUT2D eigenvalue weighted by Gasteiger charge is -2.36. The van der Waals surface area contributed by atoms with Gasteiger partial charge >= 0.3 is 11.9 Å². The molecule has 6 nitrogen and oxygen atoms in total. The first kappa shape index (κ1) is 20.5. The smallest absolute Gasteiger partial charge is 0.326 e. The first-order valence-electron chi connectivity index (χ1n) is 8.89. The van der Waals surface area contributed by atoms with Crippen molar-refractivity contribution >= 4 is 17.8 Å². The number of hydrogen-bond acceptors (Lipinski definition) is 3. The van der Waals surface area contributed by atoms with Crippen LogP contribution < -0.4 is 5.32 Å². The van der Waals surface area contributed by atoms with Gasteiger partial charge in [0.25, 0.3) is 0 Å². The predicted molar refractivity (Wildman–Crippen MR) is 90.6 cm³/mol. The number of nitrogens with one attached hydrogen (secondary N) is 1. The molecule has 0 radical (unpaired) electrons. The summed E-state index contributed by atoms with van der Waals surface area (Å²) >= 11 is 0. The van der Waals surface area contributed by atoms with Crippen LogP contribution in [0.5, 0.6) is 0 Å². The third kappa shape index (κ3) is 6.49. The molecule has 0 aliphatic heterocycles. The van der Waals surface area contributed by atoms with Crippen LogP contribution in [0.4, 0.5) is 0 Å². The number of carbonyl (C=O) groups excluding carboxylic acids is 1. The van der Waals surface area contributed by atoms with Crippen LogP contribution in [0.1, 0.15) is 72.1 Å². The first-order valence-corrected chi connectivity index (χ1v) is 8.89. The van der Waals surface area contributed by atoms with Crippen LogP contribution in [0, 0.1) is 17.3 Å². The minimum atomic E-state index is -1.37. The Morgan fingerprint density at radius 2 is 1.75 bits per heavy atom. The molecule has 1 saturated carbocycles. The van der Waals surface area contributed by atoms with Crippen LogP contribution in [-0.4, -0.2) is 34.1 Å². The van der Waals surface area contributed by atoms with E-state index < -0.39 is 29.8 Å². The molecule has 3 N–H and O–H groups in total. The van der Waals surface area contributed by atoms with Gasteiger partial charge in [-0.05, 0) is 37.5 Å². The average Bonchev–Trinajstić information content (AvgIpc) is 2.47.